The predicted molar refractivity (Wildman–Crippen MR) is 142 cm³/mol. The lowest BCUT2D eigenvalue weighted by Gasteiger charge is -2.25. The monoisotopic (exact) mass is 501 g/mol. The van der Waals surface area contributed by atoms with Gasteiger partial charge in [0.05, 0.1) is 17.0 Å². The van der Waals surface area contributed by atoms with E-state index in [-0.39, 0.29) is 17.1 Å². The van der Waals surface area contributed by atoms with E-state index in [0.717, 1.165) is 41.7 Å². The Kier molecular flexibility index (Phi) is 6.84. The SMILES string of the molecule is CCCCCN1C(=O)c2oc3cc(C)c(Cl)cc3c(=O)c2C1c1ccc(OCc2ccccc2)cc1. The molecule has 0 radical (unpaired) electrons. The maximum atomic E-state index is 13.7. The zero-order valence-corrected chi connectivity index (χ0v) is 21.2. The summed E-state index contributed by atoms with van der Waals surface area (Å²) in [5, 5.41) is 0.885. The molecule has 0 spiro atoms. The summed E-state index contributed by atoms with van der Waals surface area (Å²) in [6.07, 6.45) is 2.88. The molecule has 0 N–H and O–H groups in total. The van der Waals surface area contributed by atoms with Crippen LogP contribution in [0.25, 0.3) is 11.0 Å². The number of carbonyl (C=O) groups excluding carboxylic acids is 1. The van der Waals surface area contributed by atoms with Gasteiger partial charge in [0.1, 0.15) is 17.9 Å². The highest BCUT2D eigenvalue weighted by Gasteiger charge is 2.42. The van der Waals surface area contributed by atoms with Crippen LogP contribution in [0.2, 0.25) is 5.02 Å². The lowest BCUT2D eigenvalue weighted by Crippen LogP contribution is -2.30. The summed E-state index contributed by atoms with van der Waals surface area (Å²) in [6, 6.07) is 20.4. The Morgan fingerprint density at radius 3 is 2.47 bits per heavy atom. The predicted octanol–water partition coefficient (Wildman–Crippen LogP) is 7.07. The van der Waals surface area contributed by atoms with Gasteiger partial charge in [0.25, 0.3) is 5.91 Å². The molecule has 0 saturated heterocycles. The highest BCUT2D eigenvalue weighted by Crippen LogP contribution is 2.39. The highest BCUT2D eigenvalue weighted by molar-refractivity contribution is 6.32. The van der Waals surface area contributed by atoms with Gasteiger partial charge in [-0.2, -0.15) is 0 Å². The Morgan fingerprint density at radius 2 is 1.75 bits per heavy atom. The van der Waals surface area contributed by atoms with Crippen LogP contribution in [-0.4, -0.2) is 17.4 Å². The number of halogens is 1. The third-order valence-electron chi connectivity index (χ3n) is 6.69. The summed E-state index contributed by atoms with van der Waals surface area (Å²) in [4.78, 5) is 28.9. The number of benzene rings is 3. The van der Waals surface area contributed by atoms with E-state index in [9.17, 15) is 9.59 Å². The first-order valence-electron chi connectivity index (χ1n) is 12.3. The average molecular weight is 502 g/mol. The van der Waals surface area contributed by atoms with Crippen LogP contribution in [0.4, 0.5) is 0 Å². The molecule has 1 aromatic heterocycles. The zero-order chi connectivity index (χ0) is 25.2. The maximum Gasteiger partial charge on any atom is 0.290 e. The number of hydrogen-bond donors (Lipinski definition) is 0. The van der Waals surface area contributed by atoms with E-state index in [1.165, 1.54) is 0 Å². The fourth-order valence-electron chi connectivity index (χ4n) is 4.74. The van der Waals surface area contributed by atoms with Gasteiger partial charge in [0.15, 0.2) is 5.43 Å². The molecule has 0 bridgehead atoms. The van der Waals surface area contributed by atoms with Crippen LogP contribution in [-0.2, 0) is 6.61 Å². The van der Waals surface area contributed by atoms with Gasteiger partial charge >= 0.3 is 0 Å². The highest BCUT2D eigenvalue weighted by atomic mass is 35.5. The number of nitrogens with zero attached hydrogens (tertiary/aromatic N) is 1. The van der Waals surface area contributed by atoms with Crippen LogP contribution in [0, 0.1) is 6.92 Å². The molecule has 1 aliphatic heterocycles. The van der Waals surface area contributed by atoms with Crippen molar-refractivity contribution in [3.05, 3.63) is 110 Å². The average Bonchev–Trinajstić information content (AvgIpc) is 3.17. The van der Waals surface area contributed by atoms with Gasteiger partial charge in [0, 0.05) is 11.6 Å². The first kappa shape index (κ1) is 24.1. The second-order valence-corrected chi connectivity index (χ2v) is 9.63. The number of amides is 1. The van der Waals surface area contributed by atoms with Crippen LogP contribution in [0.3, 0.4) is 0 Å². The molecular weight excluding hydrogens is 474 g/mol. The minimum atomic E-state index is -0.520. The number of carbonyl (C=O) groups is 1. The van der Waals surface area contributed by atoms with Crippen LogP contribution >= 0.6 is 11.6 Å². The molecule has 184 valence electrons. The number of fused-ring (bicyclic) bond motifs is 2. The zero-order valence-electron chi connectivity index (χ0n) is 20.4. The summed E-state index contributed by atoms with van der Waals surface area (Å²) in [6.45, 7) is 4.97. The topological polar surface area (TPSA) is 59.8 Å². The van der Waals surface area contributed by atoms with Crippen molar-refractivity contribution in [3.8, 4) is 5.75 Å². The number of unbranched alkanes of at least 4 members (excludes halogenated alkanes) is 2. The third-order valence-corrected chi connectivity index (χ3v) is 7.10. The van der Waals surface area contributed by atoms with E-state index in [1.807, 2.05) is 61.5 Å². The van der Waals surface area contributed by atoms with E-state index in [4.69, 9.17) is 20.8 Å². The van der Waals surface area contributed by atoms with Crippen molar-refractivity contribution < 1.29 is 13.9 Å². The van der Waals surface area contributed by atoms with Gasteiger partial charge in [-0.3, -0.25) is 9.59 Å². The van der Waals surface area contributed by atoms with Gasteiger partial charge in [-0.05, 0) is 54.3 Å². The van der Waals surface area contributed by atoms with Crippen molar-refractivity contribution in [2.24, 2.45) is 0 Å². The summed E-state index contributed by atoms with van der Waals surface area (Å²) < 4.78 is 12.0. The Balaban J connectivity index is 1.53. The maximum absolute atomic E-state index is 13.7. The fourth-order valence-corrected chi connectivity index (χ4v) is 4.90. The van der Waals surface area contributed by atoms with Crippen molar-refractivity contribution in [1.82, 2.24) is 4.90 Å². The Labute approximate surface area is 215 Å². The quantitative estimate of drug-likeness (QED) is 0.242. The molecule has 0 saturated carbocycles. The van der Waals surface area contributed by atoms with E-state index in [0.29, 0.717) is 34.7 Å². The number of aryl methyl sites for hydroxylation is 1. The lowest BCUT2D eigenvalue weighted by molar-refractivity contribution is 0.0724. The van der Waals surface area contributed by atoms with Crippen LogP contribution < -0.4 is 10.2 Å². The van der Waals surface area contributed by atoms with E-state index >= 15 is 0 Å². The number of ether oxygens (including phenoxy) is 1. The first-order valence-corrected chi connectivity index (χ1v) is 12.7. The minimum Gasteiger partial charge on any atom is -0.489 e. The van der Waals surface area contributed by atoms with Crippen LogP contribution in [0.1, 0.15) is 65.0 Å². The largest absolute Gasteiger partial charge is 0.489 e. The summed E-state index contributed by atoms with van der Waals surface area (Å²) in [7, 11) is 0. The Hall–Kier alpha value is -3.57. The number of rotatable bonds is 8. The first-order chi connectivity index (χ1) is 17.5. The lowest BCUT2D eigenvalue weighted by atomic mass is 9.98. The molecule has 0 aliphatic carbocycles. The molecule has 36 heavy (non-hydrogen) atoms. The summed E-state index contributed by atoms with van der Waals surface area (Å²) >= 11 is 6.33. The fraction of sp³-hybridized carbons (Fsp3) is 0.267. The van der Waals surface area contributed by atoms with E-state index < -0.39 is 6.04 Å². The molecule has 1 amide bonds. The van der Waals surface area contributed by atoms with Crippen molar-refractivity contribution in [1.29, 1.82) is 0 Å². The molecule has 2 heterocycles. The Bertz CT molecular complexity index is 1460. The molecule has 1 aliphatic rings. The Morgan fingerprint density at radius 1 is 1.00 bits per heavy atom. The molecular formula is C30H28ClNO4. The normalized spacial score (nSPS) is 14.9. The van der Waals surface area contributed by atoms with Crippen molar-refractivity contribution >= 4 is 28.5 Å². The standard InChI is InChI=1S/C30H28ClNO4/c1-3-4-8-15-32-27(21-11-13-22(14-12-21)35-18-20-9-6-5-7-10-20)26-28(33)23-17-24(31)19(2)16-25(23)36-29(26)30(32)34/h5-7,9-14,16-17,27H,3-4,8,15,18H2,1-2H3. The second kappa shape index (κ2) is 10.2. The van der Waals surface area contributed by atoms with Gasteiger partial charge < -0.3 is 14.1 Å². The molecule has 1 atom stereocenters. The molecule has 6 heteroatoms. The van der Waals surface area contributed by atoms with Gasteiger partial charge in [-0.25, -0.2) is 0 Å². The van der Waals surface area contributed by atoms with Crippen molar-refractivity contribution in [2.75, 3.05) is 6.54 Å². The molecule has 1 unspecified atom stereocenters. The van der Waals surface area contributed by atoms with Gasteiger partial charge in [-0.15, -0.1) is 0 Å². The summed E-state index contributed by atoms with van der Waals surface area (Å²) in [5.41, 5.74) is 3.26. The van der Waals surface area contributed by atoms with Gasteiger partial charge in [0.2, 0.25) is 5.76 Å². The molecule has 5 nitrogen and oxygen atoms in total. The van der Waals surface area contributed by atoms with Gasteiger partial charge in [-0.1, -0.05) is 73.8 Å². The minimum absolute atomic E-state index is 0.125. The van der Waals surface area contributed by atoms with E-state index in [1.54, 1.807) is 17.0 Å². The summed E-state index contributed by atoms with van der Waals surface area (Å²) in [5.74, 6) is 0.597. The van der Waals surface area contributed by atoms with E-state index in [2.05, 4.69) is 6.92 Å². The molecule has 5 rings (SSSR count). The molecule has 0 fully saturated rings. The smallest absolute Gasteiger partial charge is 0.290 e. The van der Waals surface area contributed by atoms with Crippen LogP contribution in [0.5, 0.6) is 5.75 Å². The third kappa shape index (κ3) is 4.51. The van der Waals surface area contributed by atoms with Crippen LogP contribution in [0.15, 0.2) is 75.9 Å². The van der Waals surface area contributed by atoms with Crippen molar-refractivity contribution in [2.45, 2.75) is 45.8 Å². The molecule has 3 aromatic carbocycles. The van der Waals surface area contributed by atoms with Crippen molar-refractivity contribution in [3.63, 3.8) is 0 Å². The second-order valence-electron chi connectivity index (χ2n) is 9.22. The molecule has 4 aromatic rings. The number of hydrogen-bond acceptors (Lipinski definition) is 4.